The molecule has 3 heteroatoms. The van der Waals surface area contributed by atoms with Crippen LogP contribution < -0.4 is 5.73 Å². The molecule has 2 rings (SSSR count). The summed E-state index contributed by atoms with van der Waals surface area (Å²) in [5.41, 5.74) is 6.96. The quantitative estimate of drug-likeness (QED) is 0.638. The lowest BCUT2D eigenvalue weighted by molar-refractivity contribution is 0.186. The molecule has 3 nitrogen and oxygen atoms in total. The molecule has 1 heterocycles. The van der Waals surface area contributed by atoms with E-state index in [4.69, 9.17) is 10.8 Å². The highest BCUT2D eigenvalue weighted by Gasteiger charge is 2.01. The zero-order chi connectivity index (χ0) is 9.26. The number of aliphatic hydroxyl groups is 1. The molecule has 3 N–H and O–H groups in total. The summed E-state index contributed by atoms with van der Waals surface area (Å²) in [6, 6.07) is 9.26. The summed E-state index contributed by atoms with van der Waals surface area (Å²) in [5.74, 6) is 0. The molecule has 0 bridgehead atoms. The summed E-state index contributed by atoms with van der Waals surface area (Å²) in [4.78, 5) is 4.16. The number of hydrogen-bond donors (Lipinski definition) is 2. The number of benzene rings is 1. The zero-order valence-corrected chi connectivity index (χ0v) is 7.01. The van der Waals surface area contributed by atoms with Crippen molar-refractivity contribution in [3.05, 3.63) is 42.1 Å². The largest absolute Gasteiger partial charge is 0.375 e. The average Bonchev–Trinajstić information content (AvgIpc) is 2.17. The predicted octanol–water partition coefficient (Wildman–Crippen LogP) is 1.18. The Labute approximate surface area is 75.8 Å². The van der Waals surface area contributed by atoms with Gasteiger partial charge in [-0.2, -0.15) is 0 Å². The molecule has 1 unspecified atom stereocenters. The third-order valence-electron chi connectivity index (χ3n) is 1.97. The molecule has 0 radical (unpaired) electrons. The van der Waals surface area contributed by atoms with Gasteiger partial charge in [-0.15, -0.1) is 0 Å². The number of pyridine rings is 1. The lowest BCUT2D eigenvalue weighted by Crippen LogP contribution is -2.07. The summed E-state index contributed by atoms with van der Waals surface area (Å²) in [7, 11) is 0. The van der Waals surface area contributed by atoms with E-state index in [9.17, 15) is 0 Å². The van der Waals surface area contributed by atoms with Gasteiger partial charge >= 0.3 is 0 Å². The van der Waals surface area contributed by atoms with Crippen LogP contribution in [0, 0.1) is 0 Å². The third-order valence-corrected chi connectivity index (χ3v) is 1.97. The number of hydrogen-bond acceptors (Lipinski definition) is 3. The molecule has 0 fully saturated rings. The highest BCUT2D eigenvalue weighted by molar-refractivity contribution is 5.78. The number of aliphatic hydroxyl groups excluding tert-OH is 1. The molecule has 1 atom stereocenters. The first-order valence-corrected chi connectivity index (χ1v) is 4.06. The van der Waals surface area contributed by atoms with Crippen molar-refractivity contribution in [1.29, 1.82) is 0 Å². The smallest absolute Gasteiger partial charge is 0.128 e. The Morgan fingerprint density at radius 1 is 1.31 bits per heavy atom. The number of rotatable bonds is 1. The third kappa shape index (κ3) is 1.52. The Balaban J connectivity index is 2.62. The highest BCUT2D eigenvalue weighted by Crippen LogP contribution is 2.15. The summed E-state index contributed by atoms with van der Waals surface area (Å²) in [6.45, 7) is 0. The highest BCUT2D eigenvalue weighted by atomic mass is 16.3. The maximum Gasteiger partial charge on any atom is 0.128 e. The van der Waals surface area contributed by atoms with Crippen LogP contribution in [0.25, 0.3) is 10.9 Å². The van der Waals surface area contributed by atoms with Gasteiger partial charge in [0, 0.05) is 11.6 Å². The molecule has 0 spiro atoms. The van der Waals surface area contributed by atoms with Gasteiger partial charge in [0.25, 0.3) is 0 Å². The fraction of sp³-hybridized carbons (Fsp3) is 0.100. The molecule has 0 aliphatic rings. The maximum absolute atomic E-state index is 9.14. The molecule has 0 saturated carbocycles. The second kappa shape index (κ2) is 3.12. The minimum Gasteiger partial charge on any atom is -0.375 e. The van der Waals surface area contributed by atoms with Crippen molar-refractivity contribution in [2.24, 2.45) is 5.73 Å². The predicted molar refractivity (Wildman–Crippen MR) is 50.9 cm³/mol. The maximum atomic E-state index is 9.14. The van der Waals surface area contributed by atoms with E-state index in [1.54, 1.807) is 12.3 Å². The van der Waals surface area contributed by atoms with Crippen LogP contribution in [0.15, 0.2) is 36.5 Å². The van der Waals surface area contributed by atoms with Crippen molar-refractivity contribution in [2.45, 2.75) is 6.23 Å². The van der Waals surface area contributed by atoms with Crippen LogP contribution in [0.5, 0.6) is 0 Å². The van der Waals surface area contributed by atoms with Crippen molar-refractivity contribution in [3.8, 4) is 0 Å². The van der Waals surface area contributed by atoms with Crippen LogP contribution in [-0.2, 0) is 0 Å². The second-order valence-electron chi connectivity index (χ2n) is 2.90. The van der Waals surface area contributed by atoms with Gasteiger partial charge in [0.05, 0.1) is 5.52 Å². The van der Waals surface area contributed by atoms with Gasteiger partial charge in [-0.3, -0.25) is 4.98 Å². The van der Waals surface area contributed by atoms with E-state index in [-0.39, 0.29) is 0 Å². The van der Waals surface area contributed by atoms with Gasteiger partial charge in [0.1, 0.15) is 6.23 Å². The van der Waals surface area contributed by atoms with E-state index < -0.39 is 6.23 Å². The van der Waals surface area contributed by atoms with Crippen molar-refractivity contribution in [1.82, 2.24) is 4.98 Å². The SMILES string of the molecule is NC(O)c1ccc2ncccc2c1. The first-order valence-electron chi connectivity index (χ1n) is 4.06. The Kier molecular flexibility index (Phi) is 1.96. The van der Waals surface area contributed by atoms with Crippen LogP contribution in [0.4, 0.5) is 0 Å². The van der Waals surface area contributed by atoms with Gasteiger partial charge < -0.3 is 10.8 Å². The van der Waals surface area contributed by atoms with E-state index in [0.29, 0.717) is 5.56 Å². The van der Waals surface area contributed by atoms with E-state index >= 15 is 0 Å². The van der Waals surface area contributed by atoms with Gasteiger partial charge in [-0.25, -0.2) is 0 Å². The summed E-state index contributed by atoms with van der Waals surface area (Å²) in [5, 5.41) is 10.1. The first-order chi connectivity index (χ1) is 6.27. The summed E-state index contributed by atoms with van der Waals surface area (Å²) < 4.78 is 0. The molecule has 66 valence electrons. The van der Waals surface area contributed by atoms with Gasteiger partial charge in [-0.1, -0.05) is 12.1 Å². The number of nitrogens with zero attached hydrogens (tertiary/aromatic N) is 1. The first kappa shape index (κ1) is 8.16. The molecule has 0 aliphatic heterocycles. The zero-order valence-electron chi connectivity index (χ0n) is 7.01. The Bertz CT molecular complexity index is 426. The molecular formula is C10H10N2O. The van der Waals surface area contributed by atoms with Crippen molar-refractivity contribution in [2.75, 3.05) is 0 Å². The second-order valence-corrected chi connectivity index (χ2v) is 2.90. The van der Waals surface area contributed by atoms with E-state index in [1.165, 1.54) is 0 Å². The number of aromatic nitrogens is 1. The van der Waals surface area contributed by atoms with Crippen LogP contribution in [0.1, 0.15) is 11.8 Å². The Morgan fingerprint density at radius 3 is 2.92 bits per heavy atom. The topological polar surface area (TPSA) is 59.1 Å². The molecule has 1 aromatic carbocycles. The van der Waals surface area contributed by atoms with Crippen LogP contribution in [-0.4, -0.2) is 10.1 Å². The molecule has 0 aliphatic carbocycles. The lowest BCUT2D eigenvalue weighted by Gasteiger charge is -2.04. The fourth-order valence-corrected chi connectivity index (χ4v) is 1.28. The van der Waals surface area contributed by atoms with Crippen molar-refractivity contribution >= 4 is 10.9 Å². The lowest BCUT2D eigenvalue weighted by atomic mass is 10.1. The fourth-order valence-electron chi connectivity index (χ4n) is 1.28. The molecule has 2 aromatic rings. The monoisotopic (exact) mass is 174 g/mol. The van der Waals surface area contributed by atoms with E-state index in [2.05, 4.69) is 4.98 Å². The summed E-state index contributed by atoms with van der Waals surface area (Å²) in [6.07, 6.45) is 0.825. The Morgan fingerprint density at radius 2 is 2.15 bits per heavy atom. The average molecular weight is 174 g/mol. The molecule has 0 amide bonds. The standard InChI is InChI=1S/C10H10N2O/c11-10(13)8-3-4-9-7(6-8)2-1-5-12-9/h1-6,10,13H,11H2. The summed E-state index contributed by atoms with van der Waals surface area (Å²) >= 11 is 0. The van der Waals surface area contributed by atoms with E-state index in [0.717, 1.165) is 10.9 Å². The molecule has 0 saturated heterocycles. The van der Waals surface area contributed by atoms with Gasteiger partial charge in [0.15, 0.2) is 0 Å². The van der Waals surface area contributed by atoms with Crippen LogP contribution >= 0.6 is 0 Å². The van der Waals surface area contributed by atoms with Crippen LogP contribution in [0.3, 0.4) is 0 Å². The molecule has 1 aromatic heterocycles. The minimum absolute atomic E-state index is 0.709. The van der Waals surface area contributed by atoms with Gasteiger partial charge in [-0.05, 0) is 23.8 Å². The number of nitrogens with two attached hydrogens (primary N) is 1. The van der Waals surface area contributed by atoms with Crippen molar-refractivity contribution in [3.63, 3.8) is 0 Å². The minimum atomic E-state index is -0.912. The molecule has 13 heavy (non-hydrogen) atoms. The van der Waals surface area contributed by atoms with Crippen molar-refractivity contribution < 1.29 is 5.11 Å². The Hall–Kier alpha value is -1.45. The van der Waals surface area contributed by atoms with Crippen LogP contribution in [0.2, 0.25) is 0 Å². The molecular weight excluding hydrogens is 164 g/mol. The van der Waals surface area contributed by atoms with Gasteiger partial charge in [0.2, 0.25) is 0 Å². The number of fused-ring (bicyclic) bond motifs is 1. The van der Waals surface area contributed by atoms with E-state index in [1.807, 2.05) is 24.3 Å². The normalized spacial score (nSPS) is 13.1.